The van der Waals surface area contributed by atoms with Gasteiger partial charge in [0.25, 0.3) is 0 Å². The normalized spacial score (nSPS) is 10.9. The summed E-state index contributed by atoms with van der Waals surface area (Å²) in [5, 5.41) is 12.8. The molecule has 0 saturated heterocycles. The highest BCUT2D eigenvalue weighted by Gasteiger charge is 2.32. The van der Waals surface area contributed by atoms with Crippen LogP contribution in [0.25, 0.3) is 0 Å². The molecule has 5 nitrogen and oxygen atoms in total. The summed E-state index contributed by atoms with van der Waals surface area (Å²) in [5.41, 5.74) is 0.177. The molecule has 80 valence electrons. The van der Waals surface area contributed by atoms with E-state index >= 15 is 0 Å². The zero-order chi connectivity index (χ0) is 11.6. The van der Waals surface area contributed by atoms with E-state index in [0.29, 0.717) is 5.69 Å². The molecule has 0 atom stereocenters. The summed E-state index contributed by atoms with van der Waals surface area (Å²) in [6, 6.07) is 1.96. The maximum atomic E-state index is 11.5. The SMILES string of the molecule is COC(=O)C(C)(C)n1cc(C)c(C#N)n1. The van der Waals surface area contributed by atoms with Crippen molar-refractivity contribution in [3.05, 3.63) is 17.5 Å². The molecular formula is C10H13N3O2. The van der Waals surface area contributed by atoms with Gasteiger partial charge in [0, 0.05) is 11.8 Å². The van der Waals surface area contributed by atoms with Crippen molar-refractivity contribution in [2.45, 2.75) is 26.3 Å². The van der Waals surface area contributed by atoms with Crippen LogP contribution in [-0.2, 0) is 15.1 Å². The van der Waals surface area contributed by atoms with Crippen molar-refractivity contribution in [1.29, 1.82) is 5.26 Å². The standard InChI is InChI=1S/C10H13N3O2/c1-7-6-13(12-8(7)5-11)10(2,3)9(14)15-4/h6H,1-4H3. The molecule has 5 heteroatoms. The van der Waals surface area contributed by atoms with Crippen LogP contribution >= 0.6 is 0 Å². The van der Waals surface area contributed by atoms with Gasteiger partial charge in [0.15, 0.2) is 11.2 Å². The lowest BCUT2D eigenvalue weighted by molar-refractivity contribution is -0.150. The number of hydrogen-bond acceptors (Lipinski definition) is 4. The molecule has 1 aromatic heterocycles. The van der Waals surface area contributed by atoms with E-state index in [0.717, 1.165) is 5.56 Å². The summed E-state index contributed by atoms with van der Waals surface area (Å²) >= 11 is 0. The summed E-state index contributed by atoms with van der Waals surface area (Å²) in [7, 11) is 1.33. The molecule has 0 aliphatic heterocycles. The molecular weight excluding hydrogens is 194 g/mol. The minimum absolute atomic E-state index is 0.326. The molecule has 0 bridgehead atoms. The van der Waals surface area contributed by atoms with Gasteiger partial charge in [0.1, 0.15) is 6.07 Å². The summed E-state index contributed by atoms with van der Waals surface area (Å²) < 4.78 is 6.12. The Morgan fingerprint density at radius 1 is 1.67 bits per heavy atom. The monoisotopic (exact) mass is 207 g/mol. The Bertz CT molecular complexity index is 426. The van der Waals surface area contributed by atoms with E-state index in [-0.39, 0.29) is 0 Å². The van der Waals surface area contributed by atoms with Crippen LogP contribution in [0.1, 0.15) is 25.1 Å². The lowest BCUT2D eigenvalue weighted by atomic mass is 10.1. The van der Waals surface area contributed by atoms with Crippen molar-refractivity contribution in [2.75, 3.05) is 7.11 Å². The molecule has 15 heavy (non-hydrogen) atoms. The molecule has 0 N–H and O–H groups in total. The number of carbonyl (C=O) groups excluding carboxylic acids is 1. The van der Waals surface area contributed by atoms with Gasteiger partial charge in [-0.3, -0.25) is 4.68 Å². The van der Waals surface area contributed by atoms with Gasteiger partial charge in [-0.05, 0) is 20.8 Å². The zero-order valence-corrected chi connectivity index (χ0v) is 9.24. The van der Waals surface area contributed by atoms with Gasteiger partial charge in [-0.1, -0.05) is 0 Å². The molecule has 0 radical (unpaired) electrons. The molecule has 0 aromatic carbocycles. The number of ether oxygens (including phenoxy) is 1. The number of methoxy groups -OCH3 is 1. The van der Waals surface area contributed by atoms with Gasteiger partial charge < -0.3 is 4.74 Å². The molecule has 0 saturated carbocycles. The van der Waals surface area contributed by atoms with Crippen molar-refractivity contribution < 1.29 is 9.53 Å². The van der Waals surface area contributed by atoms with Crippen molar-refractivity contribution in [1.82, 2.24) is 9.78 Å². The first-order valence-corrected chi connectivity index (χ1v) is 4.48. The second-order valence-corrected chi connectivity index (χ2v) is 3.77. The maximum absolute atomic E-state index is 11.5. The number of nitrogens with zero attached hydrogens (tertiary/aromatic N) is 3. The highest BCUT2D eigenvalue weighted by atomic mass is 16.5. The van der Waals surface area contributed by atoms with Gasteiger partial charge in [-0.25, -0.2) is 4.79 Å². The molecule has 0 amide bonds. The average Bonchev–Trinajstić information content (AvgIpc) is 2.58. The van der Waals surface area contributed by atoms with E-state index in [1.54, 1.807) is 27.0 Å². The van der Waals surface area contributed by atoms with E-state index in [1.807, 2.05) is 6.07 Å². The van der Waals surface area contributed by atoms with Crippen LogP contribution in [-0.4, -0.2) is 22.9 Å². The van der Waals surface area contributed by atoms with E-state index in [1.165, 1.54) is 11.8 Å². The highest BCUT2D eigenvalue weighted by Crippen LogP contribution is 2.18. The zero-order valence-electron chi connectivity index (χ0n) is 9.24. The fraction of sp³-hybridized carbons (Fsp3) is 0.500. The minimum Gasteiger partial charge on any atom is -0.467 e. The maximum Gasteiger partial charge on any atom is 0.333 e. The van der Waals surface area contributed by atoms with Crippen LogP contribution in [0.15, 0.2) is 6.20 Å². The van der Waals surface area contributed by atoms with Crippen molar-refractivity contribution in [2.24, 2.45) is 0 Å². The Hall–Kier alpha value is -1.83. The van der Waals surface area contributed by atoms with Crippen molar-refractivity contribution in [3.63, 3.8) is 0 Å². The van der Waals surface area contributed by atoms with Crippen LogP contribution in [0.2, 0.25) is 0 Å². The van der Waals surface area contributed by atoms with Crippen LogP contribution in [0.5, 0.6) is 0 Å². The average molecular weight is 207 g/mol. The van der Waals surface area contributed by atoms with Gasteiger partial charge in [-0.15, -0.1) is 0 Å². The van der Waals surface area contributed by atoms with Crippen LogP contribution in [0.3, 0.4) is 0 Å². The number of carbonyl (C=O) groups is 1. The molecule has 0 aliphatic rings. The molecule has 1 aromatic rings. The van der Waals surface area contributed by atoms with E-state index in [9.17, 15) is 4.79 Å². The largest absolute Gasteiger partial charge is 0.467 e. The number of nitriles is 1. The Morgan fingerprint density at radius 2 is 2.27 bits per heavy atom. The predicted molar refractivity (Wildman–Crippen MR) is 53.0 cm³/mol. The third kappa shape index (κ3) is 1.84. The summed E-state index contributed by atoms with van der Waals surface area (Å²) in [6.07, 6.45) is 1.66. The third-order valence-corrected chi connectivity index (χ3v) is 2.26. The number of aromatic nitrogens is 2. The minimum atomic E-state index is -0.894. The predicted octanol–water partition coefficient (Wildman–Crippen LogP) is 0.971. The lowest BCUT2D eigenvalue weighted by Gasteiger charge is -2.21. The third-order valence-electron chi connectivity index (χ3n) is 2.26. The number of rotatable bonds is 2. The fourth-order valence-electron chi connectivity index (χ4n) is 1.20. The number of aryl methyl sites for hydroxylation is 1. The van der Waals surface area contributed by atoms with E-state index in [4.69, 9.17) is 5.26 Å². The Morgan fingerprint density at radius 3 is 2.67 bits per heavy atom. The Balaban J connectivity index is 3.17. The van der Waals surface area contributed by atoms with E-state index < -0.39 is 11.5 Å². The number of esters is 1. The molecule has 0 fully saturated rings. The quantitative estimate of drug-likeness (QED) is 0.678. The van der Waals surface area contributed by atoms with E-state index in [2.05, 4.69) is 9.84 Å². The van der Waals surface area contributed by atoms with Crippen LogP contribution < -0.4 is 0 Å². The van der Waals surface area contributed by atoms with Gasteiger partial charge in [0.05, 0.1) is 7.11 Å². The molecule has 0 unspecified atom stereocenters. The summed E-state index contributed by atoms with van der Waals surface area (Å²) in [6.45, 7) is 5.15. The van der Waals surface area contributed by atoms with Crippen LogP contribution in [0.4, 0.5) is 0 Å². The molecule has 0 aliphatic carbocycles. The number of hydrogen-bond donors (Lipinski definition) is 0. The highest BCUT2D eigenvalue weighted by molar-refractivity contribution is 5.77. The fourth-order valence-corrected chi connectivity index (χ4v) is 1.20. The van der Waals surface area contributed by atoms with Crippen molar-refractivity contribution >= 4 is 5.97 Å². The van der Waals surface area contributed by atoms with Gasteiger partial charge in [0.2, 0.25) is 0 Å². The van der Waals surface area contributed by atoms with Crippen LogP contribution in [0, 0.1) is 18.3 Å². The first-order chi connectivity index (χ1) is 6.93. The summed E-state index contributed by atoms with van der Waals surface area (Å²) in [4.78, 5) is 11.5. The summed E-state index contributed by atoms with van der Waals surface area (Å²) in [5.74, 6) is -0.394. The topological polar surface area (TPSA) is 67.9 Å². The first kappa shape index (κ1) is 11.2. The van der Waals surface area contributed by atoms with Gasteiger partial charge in [-0.2, -0.15) is 10.4 Å². The van der Waals surface area contributed by atoms with Gasteiger partial charge >= 0.3 is 5.97 Å². The smallest absolute Gasteiger partial charge is 0.333 e. The molecule has 1 rings (SSSR count). The Kier molecular flexibility index (Phi) is 2.80. The second-order valence-electron chi connectivity index (χ2n) is 3.77. The Labute approximate surface area is 88.3 Å². The second kappa shape index (κ2) is 3.73. The lowest BCUT2D eigenvalue weighted by Crippen LogP contribution is -2.37. The molecule has 1 heterocycles. The first-order valence-electron chi connectivity index (χ1n) is 4.48. The molecule has 0 spiro atoms. The van der Waals surface area contributed by atoms with Crippen molar-refractivity contribution in [3.8, 4) is 6.07 Å².